The minimum absolute atomic E-state index is 0.0272. The van der Waals surface area contributed by atoms with E-state index < -0.39 is 52.2 Å². The van der Waals surface area contributed by atoms with Gasteiger partial charge in [0.2, 0.25) is 0 Å². The second-order valence-electron chi connectivity index (χ2n) is 7.77. The highest BCUT2D eigenvalue weighted by atomic mass is 19.4. The van der Waals surface area contributed by atoms with Crippen LogP contribution in [0.1, 0.15) is 22.3 Å². The number of carbonyl (C=O) groups is 1. The third kappa shape index (κ3) is 5.24. The van der Waals surface area contributed by atoms with Crippen molar-refractivity contribution in [1.29, 1.82) is 5.26 Å². The van der Waals surface area contributed by atoms with Crippen LogP contribution in [0.15, 0.2) is 67.0 Å². The molecule has 0 atom stereocenters. The number of amides is 1. The van der Waals surface area contributed by atoms with Crippen LogP contribution in [0.2, 0.25) is 0 Å². The Morgan fingerprint density at radius 2 is 1.50 bits per heavy atom. The molecule has 0 aliphatic rings. The molecule has 2 heterocycles. The molecule has 38 heavy (non-hydrogen) atoms. The highest BCUT2D eigenvalue weighted by Gasteiger charge is 2.37. The Morgan fingerprint density at radius 3 is 2.08 bits per heavy atom. The summed E-state index contributed by atoms with van der Waals surface area (Å²) in [5, 5.41) is 13.2. The Labute approximate surface area is 210 Å². The van der Waals surface area contributed by atoms with Gasteiger partial charge in [-0.05, 0) is 18.2 Å². The van der Waals surface area contributed by atoms with Gasteiger partial charge in [0.05, 0.1) is 22.3 Å². The van der Waals surface area contributed by atoms with Crippen molar-refractivity contribution in [1.82, 2.24) is 19.7 Å². The van der Waals surface area contributed by atoms with Crippen molar-refractivity contribution in [3.8, 4) is 28.8 Å². The summed E-state index contributed by atoms with van der Waals surface area (Å²) in [6.45, 7) is 0. The van der Waals surface area contributed by atoms with Crippen LogP contribution in [-0.4, -0.2) is 25.7 Å². The van der Waals surface area contributed by atoms with Crippen molar-refractivity contribution < 1.29 is 31.1 Å². The first kappa shape index (κ1) is 26.1. The van der Waals surface area contributed by atoms with Crippen molar-refractivity contribution in [2.45, 2.75) is 12.4 Å². The van der Waals surface area contributed by atoms with Gasteiger partial charge < -0.3 is 5.73 Å². The monoisotopic (exact) mass is 528 g/mol. The van der Waals surface area contributed by atoms with Crippen molar-refractivity contribution in [3.63, 3.8) is 0 Å². The number of benzene rings is 2. The van der Waals surface area contributed by atoms with Crippen LogP contribution in [-0.2, 0) is 17.1 Å². The minimum atomic E-state index is -4.85. The van der Waals surface area contributed by atoms with Gasteiger partial charge in [-0.1, -0.05) is 36.4 Å². The zero-order chi connectivity index (χ0) is 27.7. The molecule has 2 aromatic carbocycles. The number of aromatic nitrogens is 4. The molecule has 13 heteroatoms. The molecule has 0 saturated heterocycles. The Balaban J connectivity index is 2.03. The fourth-order valence-corrected chi connectivity index (χ4v) is 3.61. The number of halogens is 6. The number of pyridine rings is 1. The van der Waals surface area contributed by atoms with Crippen LogP contribution in [0, 0.1) is 11.3 Å². The van der Waals surface area contributed by atoms with Gasteiger partial charge >= 0.3 is 12.4 Å². The third-order valence-corrected chi connectivity index (χ3v) is 5.27. The highest BCUT2D eigenvalue weighted by Crippen LogP contribution is 2.39. The molecule has 7 nitrogen and oxygen atoms in total. The zero-order valence-electron chi connectivity index (χ0n) is 18.9. The summed E-state index contributed by atoms with van der Waals surface area (Å²) < 4.78 is 83.2. The van der Waals surface area contributed by atoms with Crippen LogP contribution < -0.4 is 5.73 Å². The van der Waals surface area contributed by atoms with Gasteiger partial charge in [-0.25, -0.2) is 9.67 Å². The van der Waals surface area contributed by atoms with Crippen LogP contribution >= 0.6 is 0 Å². The Kier molecular flexibility index (Phi) is 6.74. The van der Waals surface area contributed by atoms with E-state index in [4.69, 9.17) is 11.0 Å². The molecule has 0 spiro atoms. The van der Waals surface area contributed by atoms with Crippen molar-refractivity contribution in [2.75, 3.05) is 0 Å². The molecule has 192 valence electrons. The minimum Gasteiger partial charge on any atom is -0.366 e. The fraction of sp³-hybridized carbons (Fsp3) is 0.0800. The number of primary amides is 1. The normalized spacial score (nSPS) is 12.3. The second-order valence-corrected chi connectivity index (χ2v) is 7.77. The molecule has 4 rings (SSSR count). The van der Waals surface area contributed by atoms with E-state index in [1.807, 2.05) is 6.07 Å². The molecule has 0 aliphatic carbocycles. The quantitative estimate of drug-likeness (QED) is 0.276. The second kappa shape index (κ2) is 9.81. The van der Waals surface area contributed by atoms with Gasteiger partial charge in [0, 0.05) is 35.3 Å². The molecule has 0 radical (unpaired) electrons. The van der Waals surface area contributed by atoms with Crippen molar-refractivity contribution in [2.24, 2.45) is 5.73 Å². The average molecular weight is 528 g/mol. The van der Waals surface area contributed by atoms with Gasteiger partial charge in [0.25, 0.3) is 5.91 Å². The number of nitrogens with zero attached hydrogens (tertiary/aromatic N) is 5. The van der Waals surface area contributed by atoms with Crippen molar-refractivity contribution >= 4 is 17.7 Å². The maximum absolute atomic E-state index is 13.8. The molecule has 0 fully saturated rings. The van der Waals surface area contributed by atoms with E-state index in [2.05, 4.69) is 15.1 Å². The van der Waals surface area contributed by atoms with E-state index in [1.165, 1.54) is 30.6 Å². The van der Waals surface area contributed by atoms with Gasteiger partial charge in [0.15, 0.2) is 11.6 Å². The van der Waals surface area contributed by atoms with Gasteiger partial charge in [-0.2, -0.15) is 31.6 Å². The fourth-order valence-electron chi connectivity index (χ4n) is 3.61. The predicted octanol–water partition coefficient (Wildman–Crippen LogP) is 5.40. The number of alkyl halides is 6. The summed E-state index contributed by atoms with van der Waals surface area (Å²) in [6.07, 6.45) is -6.36. The number of nitriles is 1. The molecule has 0 aliphatic heterocycles. The van der Waals surface area contributed by atoms with E-state index in [1.54, 1.807) is 0 Å². The first-order valence-electron chi connectivity index (χ1n) is 10.6. The molecular formula is C25H14F6N6O. The standard InChI is InChI=1S/C25H14F6N6O/c26-24(27,28)19-7-3-1-5-16(19)22-35-23(17-6-2-4-8-20(17)25(29,30)31)37(36-22)13-18(21(33)38)15-9-14(10-32)11-34-12-15/h1-9,11-13H,(H2,33,38)/b18-13+. The molecule has 0 bridgehead atoms. The Bertz CT molecular complexity index is 1600. The van der Waals surface area contributed by atoms with E-state index in [9.17, 15) is 31.1 Å². The lowest BCUT2D eigenvalue weighted by atomic mass is 10.1. The Hall–Kier alpha value is -4.99. The maximum atomic E-state index is 13.8. The molecule has 2 N–H and O–H groups in total. The number of carbonyl (C=O) groups excluding carboxylic acids is 1. The summed E-state index contributed by atoms with van der Waals surface area (Å²) in [5.41, 5.74) is 1.99. The number of hydrogen-bond acceptors (Lipinski definition) is 5. The van der Waals surface area contributed by atoms with Crippen molar-refractivity contribution in [3.05, 3.63) is 89.2 Å². The van der Waals surface area contributed by atoms with Crippen LogP contribution in [0.3, 0.4) is 0 Å². The van der Waals surface area contributed by atoms with E-state index >= 15 is 0 Å². The van der Waals surface area contributed by atoms with E-state index in [0.29, 0.717) is 0 Å². The van der Waals surface area contributed by atoms with E-state index in [-0.39, 0.29) is 16.7 Å². The van der Waals surface area contributed by atoms with Gasteiger partial charge in [-0.3, -0.25) is 9.78 Å². The molecule has 2 aromatic heterocycles. The summed E-state index contributed by atoms with van der Waals surface area (Å²) >= 11 is 0. The average Bonchev–Trinajstić information content (AvgIpc) is 3.30. The SMILES string of the molecule is N#Cc1cncc(/C(=C\n2nc(-c3ccccc3C(F)(F)F)nc2-c2ccccc2C(F)(F)F)C(N)=O)c1. The third-order valence-electron chi connectivity index (χ3n) is 5.27. The number of hydrogen-bond donors (Lipinski definition) is 1. The highest BCUT2D eigenvalue weighted by molar-refractivity contribution is 6.22. The van der Waals surface area contributed by atoms with Gasteiger partial charge in [0.1, 0.15) is 6.07 Å². The van der Waals surface area contributed by atoms with Crippen LogP contribution in [0.25, 0.3) is 34.5 Å². The molecule has 0 saturated carbocycles. The first-order valence-corrected chi connectivity index (χ1v) is 10.6. The van der Waals surface area contributed by atoms with Crippen LogP contribution in [0.4, 0.5) is 26.3 Å². The topological polar surface area (TPSA) is 110 Å². The summed E-state index contributed by atoms with van der Waals surface area (Å²) in [7, 11) is 0. The Morgan fingerprint density at radius 1 is 0.921 bits per heavy atom. The lowest BCUT2D eigenvalue weighted by Gasteiger charge is -2.12. The molecule has 1 amide bonds. The summed E-state index contributed by atoms with van der Waals surface area (Å²) in [4.78, 5) is 20.1. The zero-order valence-corrected chi connectivity index (χ0v) is 18.9. The number of nitrogens with two attached hydrogens (primary N) is 1. The van der Waals surface area contributed by atoms with Crippen LogP contribution in [0.5, 0.6) is 0 Å². The smallest absolute Gasteiger partial charge is 0.366 e. The molecule has 4 aromatic rings. The first-order chi connectivity index (χ1) is 17.9. The summed E-state index contributed by atoms with van der Waals surface area (Å²) in [5.74, 6) is -2.12. The molecular weight excluding hydrogens is 514 g/mol. The predicted molar refractivity (Wildman–Crippen MR) is 123 cm³/mol. The van der Waals surface area contributed by atoms with Gasteiger partial charge in [-0.15, -0.1) is 5.10 Å². The molecule has 0 unspecified atom stereocenters. The summed E-state index contributed by atoms with van der Waals surface area (Å²) in [6, 6.07) is 11.6. The largest absolute Gasteiger partial charge is 0.417 e. The maximum Gasteiger partial charge on any atom is 0.417 e. The van der Waals surface area contributed by atoms with E-state index in [0.717, 1.165) is 47.3 Å². The lowest BCUT2D eigenvalue weighted by Crippen LogP contribution is -2.15. The lowest BCUT2D eigenvalue weighted by molar-refractivity contribution is -0.137. The number of rotatable bonds is 5.